The van der Waals surface area contributed by atoms with Gasteiger partial charge >= 0.3 is 12.1 Å². The highest BCUT2D eigenvalue weighted by molar-refractivity contribution is 5.94. The molecule has 0 bridgehead atoms. The molecule has 0 aliphatic rings. The van der Waals surface area contributed by atoms with Gasteiger partial charge in [-0.25, -0.2) is 9.59 Å². The van der Waals surface area contributed by atoms with Gasteiger partial charge in [0.15, 0.2) is 0 Å². The van der Waals surface area contributed by atoms with Gasteiger partial charge in [-0.3, -0.25) is 0 Å². The highest BCUT2D eigenvalue weighted by Gasteiger charge is 2.23. The molecule has 0 amide bonds. The van der Waals surface area contributed by atoms with E-state index in [-0.39, 0.29) is 24.5 Å². The van der Waals surface area contributed by atoms with E-state index in [1.54, 1.807) is 51.1 Å². The third-order valence-electron chi connectivity index (χ3n) is 4.37. The lowest BCUT2D eigenvalue weighted by atomic mass is 10.1. The normalized spacial score (nSPS) is 11.3. The average molecular weight is 463 g/mol. The van der Waals surface area contributed by atoms with E-state index in [1.165, 1.54) is 12.1 Å². The van der Waals surface area contributed by atoms with Crippen molar-refractivity contribution in [3.63, 3.8) is 0 Å². The Hall–Kier alpha value is -4.04. The molecule has 3 aromatic rings. The maximum absolute atomic E-state index is 12.8. The van der Waals surface area contributed by atoms with Crippen LogP contribution in [0.5, 0.6) is 5.75 Å². The number of rotatable bonds is 7. The number of hydrogen-bond acceptors (Lipinski definition) is 8. The van der Waals surface area contributed by atoms with Gasteiger partial charge in [0, 0.05) is 0 Å². The lowest BCUT2D eigenvalue weighted by Crippen LogP contribution is -2.24. The lowest BCUT2D eigenvalue weighted by Gasteiger charge is -2.20. The fraction of sp³-hybridized carbons (Fsp3) is 0.231. The van der Waals surface area contributed by atoms with Crippen molar-refractivity contribution in [2.75, 3.05) is 0 Å². The summed E-state index contributed by atoms with van der Waals surface area (Å²) in [5.41, 5.74) is 1.74. The minimum atomic E-state index is -0.952. The molecule has 34 heavy (non-hydrogen) atoms. The second-order valence-electron chi connectivity index (χ2n) is 8.33. The minimum absolute atomic E-state index is 0.0127. The predicted octanol–water partition coefficient (Wildman–Crippen LogP) is 6.27. The van der Waals surface area contributed by atoms with E-state index in [4.69, 9.17) is 19.3 Å². The van der Waals surface area contributed by atoms with Crippen molar-refractivity contribution in [3.8, 4) is 5.75 Å². The average Bonchev–Trinajstić information content (AvgIpc) is 2.82. The zero-order valence-electron chi connectivity index (χ0n) is 19.2. The number of nitrogens with zero attached hydrogens (tertiary/aromatic N) is 2. The van der Waals surface area contributed by atoms with Gasteiger partial charge in [-0.05, 0) is 62.2 Å². The van der Waals surface area contributed by atoms with Crippen molar-refractivity contribution in [3.05, 3.63) is 89.5 Å². The summed E-state index contributed by atoms with van der Waals surface area (Å²) in [6, 6.07) is 20.5. The Morgan fingerprint density at radius 1 is 0.853 bits per heavy atom. The van der Waals surface area contributed by atoms with Crippen molar-refractivity contribution >= 4 is 23.5 Å². The molecule has 0 saturated carbocycles. The molecule has 0 aromatic heterocycles. The largest absolute Gasteiger partial charge is 0.514 e. The molecule has 0 unspecified atom stereocenters. The van der Waals surface area contributed by atoms with Gasteiger partial charge in [0.1, 0.15) is 23.5 Å². The number of hydrogen-bond donors (Lipinski definition) is 1. The van der Waals surface area contributed by atoms with Gasteiger partial charge in [-0.15, -0.1) is 0 Å². The van der Waals surface area contributed by atoms with Crippen LogP contribution in [0, 0.1) is 0 Å². The second-order valence-corrected chi connectivity index (χ2v) is 8.33. The van der Waals surface area contributed by atoms with E-state index in [2.05, 4.69) is 10.2 Å². The monoisotopic (exact) mass is 462 g/mol. The number of azo groups is 1. The Bertz CT molecular complexity index is 1150. The molecule has 0 heterocycles. The van der Waals surface area contributed by atoms with Gasteiger partial charge in [0.05, 0.1) is 18.0 Å². The fourth-order valence-corrected chi connectivity index (χ4v) is 2.78. The molecule has 0 saturated heterocycles. The zero-order chi connectivity index (χ0) is 24.6. The van der Waals surface area contributed by atoms with Gasteiger partial charge in [-0.2, -0.15) is 10.2 Å². The number of aliphatic hydroxyl groups excluding tert-OH is 1. The molecule has 0 spiro atoms. The van der Waals surface area contributed by atoms with Crippen molar-refractivity contribution in [1.82, 2.24) is 0 Å². The number of esters is 1. The van der Waals surface area contributed by atoms with Crippen LogP contribution >= 0.6 is 0 Å². The van der Waals surface area contributed by atoms with Crippen LogP contribution in [0.3, 0.4) is 0 Å². The van der Waals surface area contributed by atoms with Crippen molar-refractivity contribution in [1.29, 1.82) is 0 Å². The first kappa shape index (κ1) is 24.6. The van der Waals surface area contributed by atoms with Crippen molar-refractivity contribution in [2.45, 2.75) is 39.6 Å². The summed E-state index contributed by atoms with van der Waals surface area (Å²) < 4.78 is 15.9. The summed E-state index contributed by atoms with van der Waals surface area (Å²) in [7, 11) is 0. The second kappa shape index (κ2) is 11.2. The summed E-state index contributed by atoms with van der Waals surface area (Å²) in [6.07, 6.45) is -0.952. The molecule has 3 rings (SSSR count). The first-order chi connectivity index (χ1) is 16.2. The van der Waals surface area contributed by atoms with Crippen LogP contribution < -0.4 is 4.74 Å². The van der Waals surface area contributed by atoms with Crippen LogP contribution in [0.2, 0.25) is 0 Å². The summed E-state index contributed by atoms with van der Waals surface area (Å²) in [4.78, 5) is 25.0. The summed E-state index contributed by atoms with van der Waals surface area (Å²) in [5.74, 6) is -0.693. The van der Waals surface area contributed by atoms with Gasteiger partial charge < -0.3 is 19.3 Å². The molecule has 8 nitrogen and oxygen atoms in total. The molecular weight excluding hydrogens is 436 g/mol. The summed E-state index contributed by atoms with van der Waals surface area (Å²) in [5, 5.41) is 17.4. The molecule has 0 aliphatic carbocycles. The first-order valence-corrected chi connectivity index (χ1v) is 10.6. The Labute approximate surface area is 197 Å². The number of carbonyl (C=O) groups is 2. The van der Waals surface area contributed by atoms with Gasteiger partial charge in [0.25, 0.3) is 0 Å². The molecule has 0 aliphatic heterocycles. The van der Waals surface area contributed by atoms with E-state index >= 15 is 0 Å². The van der Waals surface area contributed by atoms with Crippen LogP contribution in [0.25, 0.3) is 0 Å². The molecule has 0 atom stereocenters. The maximum atomic E-state index is 12.8. The van der Waals surface area contributed by atoms with E-state index in [0.29, 0.717) is 11.4 Å². The molecule has 0 radical (unpaired) electrons. The molecule has 176 valence electrons. The number of benzene rings is 3. The Kier molecular flexibility index (Phi) is 8.10. The molecule has 0 fully saturated rings. The highest BCUT2D eigenvalue weighted by atomic mass is 16.7. The maximum Gasteiger partial charge on any atom is 0.514 e. The smallest absolute Gasteiger partial charge is 0.456 e. The van der Waals surface area contributed by atoms with E-state index in [0.717, 1.165) is 11.1 Å². The molecule has 3 aromatic carbocycles. The fourth-order valence-electron chi connectivity index (χ4n) is 2.78. The van der Waals surface area contributed by atoms with E-state index in [9.17, 15) is 9.59 Å². The van der Waals surface area contributed by atoms with Crippen LogP contribution in [-0.2, 0) is 22.7 Å². The zero-order valence-corrected chi connectivity index (χ0v) is 19.2. The third-order valence-corrected chi connectivity index (χ3v) is 4.37. The van der Waals surface area contributed by atoms with E-state index < -0.39 is 17.7 Å². The van der Waals surface area contributed by atoms with Crippen molar-refractivity contribution < 1.29 is 28.9 Å². The standard InChI is InChI=1S/C26H26N2O6/c1-26(2,3)34-24(30)22-15-21(28-27-20-11-9-18(16-29)10-12-20)13-14-23(22)33-25(31)32-17-19-7-5-4-6-8-19/h4-15,29H,16-17H2,1-3H3/b28-27+. The topological polar surface area (TPSA) is 107 Å². The molecule has 8 heteroatoms. The Balaban J connectivity index is 1.79. The van der Waals surface area contributed by atoms with Crippen LogP contribution in [0.4, 0.5) is 16.2 Å². The first-order valence-electron chi connectivity index (χ1n) is 10.6. The van der Waals surface area contributed by atoms with Crippen LogP contribution in [0.15, 0.2) is 83.0 Å². The third kappa shape index (κ3) is 7.53. The summed E-state index contributed by atoms with van der Waals surface area (Å²) in [6.45, 7) is 5.17. The predicted molar refractivity (Wildman–Crippen MR) is 125 cm³/mol. The lowest BCUT2D eigenvalue weighted by molar-refractivity contribution is 0.00662. The van der Waals surface area contributed by atoms with Crippen LogP contribution in [-0.4, -0.2) is 22.8 Å². The SMILES string of the molecule is CC(C)(C)OC(=O)c1cc(/N=N/c2ccc(CO)cc2)ccc1OC(=O)OCc1ccccc1. The number of carbonyl (C=O) groups excluding carboxylic acids is 2. The number of aliphatic hydroxyl groups is 1. The van der Waals surface area contributed by atoms with Crippen molar-refractivity contribution in [2.24, 2.45) is 10.2 Å². The Morgan fingerprint density at radius 3 is 2.15 bits per heavy atom. The van der Waals surface area contributed by atoms with Gasteiger partial charge in [-0.1, -0.05) is 42.5 Å². The van der Waals surface area contributed by atoms with Gasteiger partial charge in [0.2, 0.25) is 0 Å². The number of ether oxygens (including phenoxy) is 3. The Morgan fingerprint density at radius 2 is 1.50 bits per heavy atom. The molecule has 1 N–H and O–H groups in total. The van der Waals surface area contributed by atoms with E-state index in [1.807, 2.05) is 30.3 Å². The summed E-state index contributed by atoms with van der Waals surface area (Å²) >= 11 is 0. The highest BCUT2D eigenvalue weighted by Crippen LogP contribution is 2.28. The quantitative estimate of drug-likeness (QED) is 0.252. The minimum Gasteiger partial charge on any atom is -0.456 e. The molecular formula is C26H26N2O6. The van der Waals surface area contributed by atoms with Crippen LogP contribution in [0.1, 0.15) is 42.3 Å².